The fourth-order valence-electron chi connectivity index (χ4n) is 4.16. The number of rotatable bonds is 7. The number of nitrogens with two attached hydrogens (primary N) is 1. The van der Waals surface area contributed by atoms with Crippen LogP contribution in [0.2, 0.25) is 18.1 Å². The zero-order valence-electron chi connectivity index (χ0n) is 23.9. The largest absolute Gasteiger partial charge is 0.460 e. The van der Waals surface area contributed by atoms with Crippen molar-refractivity contribution in [1.82, 2.24) is 5.32 Å². The van der Waals surface area contributed by atoms with E-state index in [1.165, 1.54) is 0 Å². The molecule has 0 spiro atoms. The molecule has 0 heterocycles. The summed E-state index contributed by atoms with van der Waals surface area (Å²) in [4.78, 5) is 25.6. The highest BCUT2D eigenvalue weighted by Gasteiger charge is 2.58. The van der Waals surface area contributed by atoms with Crippen molar-refractivity contribution >= 4 is 25.8 Å². The maximum absolute atomic E-state index is 13.1. The summed E-state index contributed by atoms with van der Waals surface area (Å²) in [5.41, 5.74) is 6.91. The van der Waals surface area contributed by atoms with Crippen molar-refractivity contribution in [1.29, 1.82) is 0 Å². The van der Waals surface area contributed by atoms with Gasteiger partial charge in [0.05, 0.1) is 19.7 Å². The third-order valence-electron chi connectivity index (χ3n) is 6.82. The molecule has 4 N–H and O–H groups in total. The molecule has 0 radical (unpaired) electrons. The Kier molecular flexibility index (Phi) is 9.30. The van der Waals surface area contributed by atoms with Crippen LogP contribution >= 0.6 is 0 Å². The maximum atomic E-state index is 13.1. The number of nitrogen functional groups attached to an aromatic ring is 1. The number of esters is 1. The number of carbonyl (C=O) groups is 2. The van der Waals surface area contributed by atoms with Crippen molar-refractivity contribution in [2.75, 3.05) is 12.3 Å². The summed E-state index contributed by atoms with van der Waals surface area (Å²) in [7, 11) is -2.66. The van der Waals surface area contributed by atoms with Gasteiger partial charge in [0.2, 0.25) is 0 Å². The highest BCUT2D eigenvalue weighted by molar-refractivity contribution is 6.82. The Morgan fingerprint density at radius 1 is 1.00 bits per heavy atom. The number of hydrogen-bond acceptors (Lipinski definition) is 6. The van der Waals surface area contributed by atoms with Crippen LogP contribution in [0.5, 0.6) is 0 Å². The maximum Gasteiger partial charge on any atom is 0.407 e. The van der Waals surface area contributed by atoms with Gasteiger partial charge in [0.15, 0.2) is 0 Å². The summed E-state index contributed by atoms with van der Waals surface area (Å²) < 4.78 is 11.1. The van der Waals surface area contributed by atoms with Gasteiger partial charge in [0.1, 0.15) is 11.2 Å². The van der Waals surface area contributed by atoms with Crippen LogP contribution in [0.15, 0.2) is 18.2 Å². The average Bonchev–Trinajstić information content (AvgIpc) is 2.62. The summed E-state index contributed by atoms with van der Waals surface area (Å²) in [6.07, 6.45) is -0.682. The van der Waals surface area contributed by atoms with Gasteiger partial charge in [0, 0.05) is 18.2 Å². The van der Waals surface area contributed by atoms with E-state index in [0.29, 0.717) is 11.3 Å². The van der Waals surface area contributed by atoms with Gasteiger partial charge in [-0.15, -0.1) is 0 Å². The molecule has 1 amide bonds. The van der Waals surface area contributed by atoms with E-state index in [2.05, 4.69) is 39.2 Å². The Hall–Kier alpha value is -2.06. The summed E-state index contributed by atoms with van der Waals surface area (Å²) in [6.45, 7) is 23.3. The molecule has 0 bridgehead atoms. The lowest BCUT2D eigenvalue weighted by molar-refractivity contribution is -0.157. The molecule has 1 aromatic carbocycles. The van der Waals surface area contributed by atoms with Gasteiger partial charge < -0.3 is 25.6 Å². The second kappa shape index (κ2) is 10.5. The molecule has 7 nitrogen and oxygen atoms in total. The fraction of sp³-hybridized carbons (Fsp3) is 0.704. The Morgan fingerprint density at radius 3 is 1.97 bits per heavy atom. The first kappa shape index (κ1) is 31.0. The van der Waals surface area contributed by atoms with Gasteiger partial charge in [-0.05, 0) is 76.8 Å². The predicted molar refractivity (Wildman–Crippen MR) is 145 cm³/mol. The number of aryl methyl sites for hydroxylation is 1. The van der Waals surface area contributed by atoms with Crippen LogP contribution in [0.25, 0.3) is 0 Å². The molecular weight excluding hydrogens is 460 g/mol. The van der Waals surface area contributed by atoms with Crippen LogP contribution in [-0.4, -0.2) is 43.0 Å². The number of nitrogens with one attached hydrogen (secondary N) is 1. The van der Waals surface area contributed by atoms with Crippen LogP contribution in [0.3, 0.4) is 0 Å². The third-order valence-corrected chi connectivity index (χ3v) is 13.1. The number of aliphatic hydroxyl groups is 1. The van der Waals surface area contributed by atoms with Crippen LogP contribution in [0.4, 0.5) is 10.5 Å². The minimum atomic E-state index is -2.66. The molecule has 2 atom stereocenters. The van der Waals surface area contributed by atoms with Crippen LogP contribution in [0, 0.1) is 12.8 Å². The molecule has 0 aromatic heterocycles. The SMILES string of the molecule is Cc1ccc(N)cc1C(O)(C(CNC(=O)OC(C)(C)C)CC(=O)OC(C)(C)C)[Si](C)(C)C(C)(C)C. The molecule has 35 heavy (non-hydrogen) atoms. The Balaban J connectivity index is 3.70. The Morgan fingerprint density at radius 2 is 1.51 bits per heavy atom. The molecule has 0 aliphatic carbocycles. The molecule has 200 valence electrons. The lowest BCUT2D eigenvalue weighted by Crippen LogP contribution is -2.63. The first-order valence-corrected chi connectivity index (χ1v) is 15.3. The van der Waals surface area contributed by atoms with E-state index >= 15 is 0 Å². The van der Waals surface area contributed by atoms with Crippen LogP contribution in [-0.2, 0) is 19.5 Å². The third kappa shape index (κ3) is 7.97. The molecule has 0 saturated carbocycles. The summed E-state index contributed by atoms with van der Waals surface area (Å²) in [5.74, 6) is -1.11. The Labute approximate surface area is 213 Å². The molecule has 0 aliphatic rings. The first-order chi connectivity index (χ1) is 15.5. The van der Waals surface area contributed by atoms with E-state index in [1.807, 2.05) is 13.0 Å². The summed E-state index contributed by atoms with van der Waals surface area (Å²) in [6, 6.07) is 5.48. The smallest absolute Gasteiger partial charge is 0.407 e. The molecule has 0 fully saturated rings. The van der Waals surface area contributed by atoms with Gasteiger partial charge in [0.25, 0.3) is 0 Å². The van der Waals surface area contributed by atoms with Crippen molar-refractivity contribution in [3.63, 3.8) is 0 Å². The van der Waals surface area contributed by atoms with Crippen molar-refractivity contribution in [2.45, 2.75) is 110 Å². The van der Waals surface area contributed by atoms with Gasteiger partial charge in [-0.1, -0.05) is 39.9 Å². The monoisotopic (exact) mass is 508 g/mol. The highest BCUT2D eigenvalue weighted by atomic mass is 28.3. The van der Waals surface area contributed by atoms with Gasteiger partial charge in [-0.3, -0.25) is 4.79 Å². The first-order valence-electron chi connectivity index (χ1n) is 12.3. The predicted octanol–water partition coefficient (Wildman–Crippen LogP) is 5.69. The highest BCUT2D eigenvalue weighted by Crippen LogP contribution is 2.52. The number of anilines is 1. The minimum Gasteiger partial charge on any atom is -0.460 e. The topological polar surface area (TPSA) is 111 Å². The number of ether oxygens (including phenoxy) is 2. The summed E-state index contributed by atoms with van der Waals surface area (Å²) >= 11 is 0. The number of hydrogen-bond donors (Lipinski definition) is 3. The number of benzene rings is 1. The minimum absolute atomic E-state index is 0.0331. The van der Waals surface area contributed by atoms with Crippen molar-refractivity contribution in [3.8, 4) is 0 Å². The molecule has 1 aromatic rings. The van der Waals surface area contributed by atoms with E-state index in [9.17, 15) is 14.7 Å². The van der Waals surface area contributed by atoms with E-state index in [-0.39, 0.29) is 18.0 Å². The van der Waals surface area contributed by atoms with E-state index in [4.69, 9.17) is 15.2 Å². The molecule has 2 unspecified atom stereocenters. The molecular formula is C27H48N2O5Si. The van der Waals surface area contributed by atoms with Gasteiger partial charge in [-0.25, -0.2) is 4.79 Å². The normalized spacial score (nSPS) is 15.7. The molecule has 0 saturated heterocycles. The van der Waals surface area contributed by atoms with Gasteiger partial charge in [-0.2, -0.15) is 0 Å². The fourth-order valence-corrected chi connectivity index (χ4v) is 7.47. The van der Waals surface area contributed by atoms with E-state index in [1.54, 1.807) is 53.7 Å². The molecule has 0 aliphatic heterocycles. The lowest BCUT2D eigenvalue weighted by Gasteiger charge is -2.53. The van der Waals surface area contributed by atoms with E-state index in [0.717, 1.165) is 5.56 Å². The van der Waals surface area contributed by atoms with Gasteiger partial charge >= 0.3 is 12.1 Å². The number of amides is 1. The van der Waals surface area contributed by atoms with Crippen LogP contribution < -0.4 is 11.1 Å². The lowest BCUT2D eigenvalue weighted by atomic mass is 9.88. The van der Waals surface area contributed by atoms with Crippen LogP contribution in [0.1, 0.15) is 79.9 Å². The average molecular weight is 509 g/mol. The quantitative estimate of drug-likeness (QED) is 0.248. The van der Waals surface area contributed by atoms with Crippen molar-refractivity contribution < 1.29 is 24.2 Å². The zero-order chi connectivity index (χ0) is 27.6. The standard InChI is InChI=1S/C27H48N2O5Si/c1-18-13-14-20(28)16-21(18)27(32,35(11,12)26(8,9)10)19(15-22(30)33-24(2,3)4)17-29-23(31)34-25(5,6)7/h13-14,16,19,32H,15,17,28H2,1-12H3,(H,29,31). The number of carbonyl (C=O) groups excluding carboxylic acids is 2. The molecule has 8 heteroatoms. The number of alkyl carbamates (subject to hydrolysis) is 1. The summed E-state index contributed by atoms with van der Waals surface area (Å²) in [5, 5.41) is 13.9. The second-order valence-corrected chi connectivity index (χ2v) is 18.6. The molecule has 1 rings (SSSR count). The van der Waals surface area contributed by atoms with Crippen molar-refractivity contribution in [2.24, 2.45) is 5.92 Å². The second-order valence-electron chi connectivity index (χ2n) is 13.1. The van der Waals surface area contributed by atoms with Crippen molar-refractivity contribution in [3.05, 3.63) is 29.3 Å². The van der Waals surface area contributed by atoms with E-state index < -0.39 is 42.5 Å². The Bertz CT molecular complexity index is 910. The zero-order valence-corrected chi connectivity index (χ0v) is 24.9.